The van der Waals surface area contributed by atoms with Crippen LogP contribution in [0.5, 0.6) is 0 Å². The first-order valence-corrected chi connectivity index (χ1v) is 9.74. The molecule has 6 nitrogen and oxygen atoms in total. The summed E-state index contributed by atoms with van der Waals surface area (Å²) in [5, 5.41) is 3.07. The Kier molecular flexibility index (Phi) is 6.38. The van der Waals surface area contributed by atoms with Crippen molar-refractivity contribution < 1.29 is 22.0 Å². The monoisotopic (exact) mass is 422 g/mol. The van der Waals surface area contributed by atoms with Crippen LogP contribution in [0.1, 0.15) is 18.4 Å². The number of halogens is 5. The average molecular weight is 422 g/mol. The first-order valence-electron chi connectivity index (χ1n) is 8.56. The number of hydrogen-bond acceptors (Lipinski definition) is 6. The molecule has 0 aromatic carbocycles. The fourth-order valence-corrected chi connectivity index (χ4v) is 3.54. The molecular weight excluding hydrogens is 403 g/mol. The second-order valence-electron chi connectivity index (χ2n) is 6.33. The number of alkyl halides is 5. The molecule has 0 bridgehead atoms. The van der Waals surface area contributed by atoms with Gasteiger partial charge in [0, 0.05) is 31.5 Å². The summed E-state index contributed by atoms with van der Waals surface area (Å²) in [6.07, 6.45) is -0.824. The Labute approximate surface area is 162 Å². The summed E-state index contributed by atoms with van der Waals surface area (Å²) in [6.45, 7) is 1.05. The molecule has 28 heavy (non-hydrogen) atoms. The van der Waals surface area contributed by atoms with Crippen LogP contribution >= 0.6 is 11.9 Å². The third-order valence-electron chi connectivity index (χ3n) is 4.36. The van der Waals surface area contributed by atoms with Gasteiger partial charge >= 0.3 is 6.18 Å². The Hall–Kier alpha value is -1.95. The summed E-state index contributed by atoms with van der Waals surface area (Å²) >= 11 is 1.65. The molecule has 12 heteroatoms. The number of nitrogens with zero attached hydrogens (tertiary/aromatic N) is 5. The highest BCUT2D eigenvalue weighted by atomic mass is 32.2. The minimum Gasteiger partial charge on any atom is -0.351 e. The van der Waals surface area contributed by atoms with Crippen LogP contribution in [-0.4, -0.2) is 55.6 Å². The molecule has 0 spiro atoms. The maximum Gasteiger partial charge on any atom is 0.420 e. The Balaban J connectivity index is 1.84. The van der Waals surface area contributed by atoms with Crippen LogP contribution in [0.25, 0.3) is 11.4 Å². The molecule has 1 N–H and O–H groups in total. The highest BCUT2D eigenvalue weighted by Crippen LogP contribution is 2.35. The van der Waals surface area contributed by atoms with Gasteiger partial charge in [-0.3, -0.25) is 4.31 Å². The Morgan fingerprint density at radius 2 is 1.96 bits per heavy atom. The first kappa shape index (κ1) is 20.8. The van der Waals surface area contributed by atoms with E-state index in [1.165, 1.54) is 0 Å². The van der Waals surface area contributed by atoms with E-state index in [1.807, 2.05) is 6.26 Å². The van der Waals surface area contributed by atoms with Gasteiger partial charge < -0.3 is 9.88 Å². The van der Waals surface area contributed by atoms with E-state index in [1.54, 1.807) is 11.9 Å². The Bertz CT molecular complexity index is 788. The van der Waals surface area contributed by atoms with E-state index in [2.05, 4.69) is 24.6 Å². The van der Waals surface area contributed by atoms with Crippen LogP contribution in [0.15, 0.2) is 18.7 Å². The largest absolute Gasteiger partial charge is 0.420 e. The van der Waals surface area contributed by atoms with Gasteiger partial charge in [0.2, 0.25) is 5.95 Å². The van der Waals surface area contributed by atoms with Gasteiger partial charge in [-0.2, -0.15) is 13.2 Å². The maximum atomic E-state index is 13.4. The molecule has 0 radical (unpaired) electrons. The summed E-state index contributed by atoms with van der Waals surface area (Å²) in [4.78, 5) is 11.6. The zero-order valence-electron chi connectivity index (χ0n) is 15.0. The number of anilines is 1. The highest BCUT2D eigenvalue weighted by Gasteiger charge is 2.36. The molecule has 1 aliphatic heterocycles. The minimum atomic E-state index is -4.69. The zero-order valence-corrected chi connectivity index (χ0v) is 15.8. The van der Waals surface area contributed by atoms with Crippen molar-refractivity contribution in [2.24, 2.45) is 0 Å². The number of imidazole rings is 1. The predicted octanol–water partition coefficient (Wildman–Crippen LogP) is 3.78. The number of hydrogen-bond donors (Lipinski definition) is 1. The van der Waals surface area contributed by atoms with E-state index >= 15 is 0 Å². The summed E-state index contributed by atoms with van der Waals surface area (Å²) in [5.74, 6) is 0.0639. The van der Waals surface area contributed by atoms with Gasteiger partial charge in [0.25, 0.3) is 6.43 Å². The van der Waals surface area contributed by atoms with Crippen molar-refractivity contribution in [3.63, 3.8) is 0 Å². The SMILES string of the molecule is CSN1CCC(Nc2ncc(C(F)(F)F)c(-c3cn(CC(F)F)cn3)n2)CC1. The number of piperidine rings is 1. The molecule has 0 atom stereocenters. The number of rotatable bonds is 6. The van der Waals surface area contributed by atoms with Crippen molar-refractivity contribution in [3.8, 4) is 11.4 Å². The molecule has 0 unspecified atom stereocenters. The summed E-state index contributed by atoms with van der Waals surface area (Å²) in [5.41, 5.74) is -1.62. The van der Waals surface area contributed by atoms with Crippen LogP contribution in [0.2, 0.25) is 0 Å². The molecule has 0 saturated carbocycles. The van der Waals surface area contributed by atoms with E-state index < -0.39 is 30.4 Å². The predicted molar refractivity (Wildman–Crippen MR) is 96.0 cm³/mol. The van der Waals surface area contributed by atoms with Crippen molar-refractivity contribution in [1.29, 1.82) is 0 Å². The highest BCUT2D eigenvalue weighted by molar-refractivity contribution is 7.96. The van der Waals surface area contributed by atoms with Gasteiger partial charge in [-0.1, -0.05) is 11.9 Å². The van der Waals surface area contributed by atoms with E-state index in [0.717, 1.165) is 43.0 Å². The van der Waals surface area contributed by atoms with Gasteiger partial charge in [-0.05, 0) is 19.1 Å². The fourth-order valence-electron chi connectivity index (χ4n) is 2.96. The number of aromatic nitrogens is 4. The van der Waals surface area contributed by atoms with Gasteiger partial charge in [0.1, 0.15) is 17.0 Å². The van der Waals surface area contributed by atoms with E-state index in [-0.39, 0.29) is 17.7 Å². The first-order chi connectivity index (χ1) is 13.3. The van der Waals surface area contributed by atoms with Gasteiger partial charge in [0.15, 0.2) is 0 Å². The molecule has 3 heterocycles. The van der Waals surface area contributed by atoms with Crippen molar-refractivity contribution >= 4 is 17.9 Å². The van der Waals surface area contributed by atoms with Gasteiger partial charge in [-0.25, -0.2) is 23.7 Å². The zero-order chi connectivity index (χ0) is 20.3. The molecule has 2 aromatic heterocycles. The third-order valence-corrected chi connectivity index (χ3v) is 5.25. The molecule has 0 amide bonds. The number of nitrogens with one attached hydrogen (secondary N) is 1. The van der Waals surface area contributed by atoms with Crippen LogP contribution in [0.3, 0.4) is 0 Å². The van der Waals surface area contributed by atoms with Crippen LogP contribution in [0.4, 0.5) is 27.9 Å². The lowest BCUT2D eigenvalue weighted by Crippen LogP contribution is -2.35. The van der Waals surface area contributed by atoms with Crippen molar-refractivity contribution in [1.82, 2.24) is 23.8 Å². The Morgan fingerprint density at radius 1 is 1.25 bits per heavy atom. The summed E-state index contributed by atoms with van der Waals surface area (Å²) in [6, 6.07) is 0.0457. The molecule has 1 saturated heterocycles. The fraction of sp³-hybridized carbons (Fsp3) is 0.562. The van der Waals surface area contributed by atoms with E-state index in [9.17, 15) is 22.0 Å². The normalized spacial score (nSPS) is 16.7. The molecule has 2 aromatic rings. The van der Waals surface area contributed by atoms with E-state index in [0.29, 0.717) is 6.20 Å². The third kappa shape index (κ3) is 5.10. The van der Waals surface area contributed by atoms with Crippen molar-refractivity contribution in [2.75, 3.05) is 24.7 Å². The summed E-state index contributed by atoms with van der Waals surface area (Å²) in [7, 11) is 0. The lowest BCUT2D eigenvalue weighted by Gasteiger charge is -2.30. The van der Waals surface area contributed by atoms with Crippen LogP contribution in [-0.2, 0) is 12.7 Å². The van der Waals surface area contributed by atoms with Gasteiger partial charge in [-0.15, -0.1) is 0 Å². The van der Waals surface area contributed by atoms with Gasteiger partial charge in [0.05, 0.1) is 12.9 Å². The lowest BCUT2D eigenvalue weighted by atomic mass is 10.1. The summed E-state index contributed by atoms with van der Waals surface area (Å²) < 4.78 is 68.3. The van der Waals surface area contributed by atoms with Crippen molar-refractivity contribution in [2.45, 2.75) is 38.0 Å². The van der Waals surface area contributed by atoms with Crippen LogP contribution < -0.4 is 5.32 Å². The second kappa shape index (κ2) is 8.60. The standard InChI is InChI=1S/C16H19F5N6S/c1-28-27-4-2-10(3-5-27)24-15-22-6-11(16(19,20)21)14(25-15)12-7-26(9-23-12)8-13(17)18/h6-7,9-10,13H,2-5,8H2,1H3,(H,22,24,25). The van der Waals surface area contributed by atoms with E-state index in [4.69, 9.17) is 0 Å². The molecule has 0 aliphatic carbocycles. The van der Waals surface area contributed by atoms with Crippen molar-refractivity contribution in [3.05, 3.63) is 24.3 Å². The molecule has 1 fully saturated rings. The topological polar surface area (TPSA) is 58.9 Å². The molecule has 154 valence electrons. The maximum absolute atomic E-state index is 13.4. The molecular formula is C16H19F5N6S. The van der Waals surface area contributed by atoms with Crippen LogP contribution in [0, 0.1) is 0 Å². The quantitative estimate of drug-likeness (QED) is 0.565. The second-order valence-corrected chi connectivity index (χ2v) is 7.21. The smallest absolute Gasteiger partial charge is 0.351 e. The Morgan fingerprint density at radius 3 is 2.57 bits per heavy atom. The minimum absolute atomic E-state index is 0.0457. The molecule has 1 aliphatic rings. The lowest BCUT2D eigenvalue weighted by molar-refractivity contribution is -0.137. The molecule has 3 rings (SSSR count). The average Bonchev–Trinajstić information content (AvgIpc) is 3.09.